The van der Waals surface area contributed by atoms with E-state index in [1.54, 1.807) is 10.6 Å². The number of rotatable bonds is 8. The van der Waals surface area contributed by atoms with Crippen molar-refractivity contribution in [1.29, 1.82) is 0 Å². The molecule has 0 aliphatic carbocycles. The molecule has 3 aliphatic rings. The van der Waals surface area contributed by atoms with Gasteiger partial charge in [0.25, 0.3) is 0 Å². The molecule has 4 unspecified atom stereocenters. The Morgan fingerprint density at radius 3 is 1.78 bits per heavy atom. The fourth-order valence-electron chi connectivity index (χ4n) is 1.85. The van der Waals surface area contributed by atoms with Crippen molar-refractivity contribution in [3.8, 4) is 0 Å². The Kier molecular flexibility index (Phi) is 6.96. The molecule has 3 heterocycles. The summed E-state index contributed by atoms with van der Waals surface area (Å²) < 4.78 is 0. The van der Waals surface area contributed by atoms with E-state index in [0.29, 0.717) is 0 Å². The first-order chi connectivity index (χ1) is 8.90. The molecule has 0 radical (unpaired) electrons. The second kappa shape index (κ2) is 8.17. The molecule has 0 aromatic rings. The molecule has 3 saturated heterocycles. The van der Waals surface area contributed by atoms with E-state index in [9.17, 15) is 0 Å². The van der Waals surface area contributed by atoms with Crippen LogP contribution in [0, 0.1) is 0 Å². The van der Waals surface area contributed by atoms with Crippen LogP contribution in [0.5, 0.6) is 0 Å². The van der Waals surface area contributed by atoms with E-state index in [-0.39, 0.29) is 0 Å². The third kappa shape index (κ3) is 6.05. The van der Waals surface area contributed by atoms with Crippen LogP contribution >= 0.6 is 47.0 Å². The zero-order valence-electron chi connectivity index (χ0n) is 10.4. The number of hydrogen-bond donors (Lipinski definition) is 0. The van der Waals surface area contributed by atoms with Gasteiger partial charge in [-0.15, -0.1) is 0 Å². The van der Waals surface area contributed by atoms with Crippen LogP contribution in [0.1, 0.15) is 0 Å². The van der Waals surface area contributed by atoms with Crippen molar-refractivity contribution in [2.45, 2.75) is 30.8 Å². The van der Waals surface area contributed by atoms with E-state index in [4.69, 9.17) is 0 Å². The summed E-state index contributed by atoms with van der Waals surface area (Å²) in [4.78, 5) is 2.28. The first-order valence-corrected chi connectivity index (χ1v) is 15.3. The van der Waals surface area contributed by atoms with Crippen molar-refractivity contribution < 1.29 is 0 Å². The van der Waals surface area contributed by atoms with Crippen molar-refractivity contribution in [2.24, 2.45) is 0 Å². The summed E-state index contributed by atoms with van der Waals surface area (Å²) in [7, 11) is 0. The quantitative estimate of drug-likeness (QED) is 0.410. The Hall–Kier alpha value is 2.44. The van der Waals surface area contributed by atoms with Gasteiger partial charge in [0.2, 0.25) is 0 Å². The zero-order chi connectivity index (χ0) is 12.2. The summed E-state index contributed by atoms with van der Waals surface area (Å²) >= 11 is 10.8. The fourth-order valence-corrected chi connectivity index (χ4v) is 16.0. The molecule has 104 valence electrons. The second-order valence-electron chi connectivity index (χ2n) is 4.90. The molecule has 3 rings (SSSR count). The first-order valence-electron chi connectivity index (χ1n) is 6.52. The third-order valence-electron chi connectivity index (χ3n) is 3.01. The summed E-state index contributed by atoms with van der Waals surface area (Å²) in [6.07, 6.45) is 0. The van der Waals surface area contributed by atoms with Crippen LogP contribution in [-0.2, 0) is 0 Å². The molecular weight excluding hydrogens is 430 g/mol. The van der Waals surface area contributed by atoms with Gasteiger partial charge in [0.15, 0.2) is 0 Å². The molecule has 18 heavy (non-hydrogen) atoms. The maximum atomic E-state index is 2.27. The average Bonchev–Trinajstić information content (AvgIpc) is 3.25. The van der Waals surface area contributed by atoms with Crippen molar-refractivity contribution in [3.63, 3.8) is 0 Å². The van der Waals surface area contributed by atoms with Gasteiger partial charge in [-0.2, -0.15) is 0 Å². The first kappa shape index (κ1) is 15.3. The molecule has 0 bridgehead atoms. The molecule has 0 amide bonds. The van der Waals surface area contributed by atoms with Gasteiger partial charge in [0.05, 0.1) is 0 Å². The standard InChI is InChI=1S/C12H20S4Se2/c1(9-3-15-9)13-5-11-7-17-8-12(18-11)6-14-2-10-4-16-10/h9-12H,1-8H2. The predicted octanol–water partition coefficient (Wildman–Crippen LogP) is 3.52. The van der Waals surface area contributed by atoms with E-state index in [0.717, 1.165) is 50.0 Å². The summed E-state index contributed by atoms with van der Waals surface area (Å²) in [5.41, 5.74) is 0. The minimum absolute atomic E-state index is 0.966. The molecule has 0 saturated carbocycles. The third-order valence-corrected chi connectivity index (χ3v) is 16.7. The molecule has 4 atom stereocenters. The van der Waals surface area contributed by atoms with Gasteiger partial charge in [-0.1, -0.05) is 0 Å². The predicted molar refractivity (Wildman–Crippen MR) is 95.8 cm³/mol. The SMILES string of the molecule is C(SCC1C[Se]CC(CSCC2CS2)[Se]1)C1CS1. The Morgan fingerprint density at radius 2 is 1.33 bits per heavy atom. The number of thioether (sulfide) groups is 4. The molecule has 3 aliphatic heterocycles. The molecule has 3 fully saturated rings. The van der Waals surface area contributed by atoms with E-state index < -0.39 is 0 Å². The van der Waals surface area contributed by atoms with Gasteiger partial charge in [0.1, 0.15) is 0 Å². The van der Waals surface area contributed by atoms with Gasteiger partial charge in [0, 0.05) is 0 Å². The Bertz CT molecular complexity index is 234. The average molecular weight is 450 g/mol. The summed E-state index contributed by atoms with van der Waals surface area (Å²) in [6.45, 7) is 0. The van der Waals surface area contributed by atoms with Gasteiger partial charge in [-0.25, -0.2) is 0 Å². The van der Waals surface area contributed by atoms with Crippen molar-refractivity contribution in [3.05, 3.63) is 0 Å². The molecule has 0 aromatic heterocycles. The van der Waals surface area contributed by atoms with Crippen LogP contribution in [0.4, 0.5) is 0 Å². The van der Waals surface area contributed by atoms with E-state index >= 15 is 0 Å². The summed E-state index contributed by atoms with van der Waals surface area (Å²) in [5, 5.41) is 5.30. The van der Waals surface area contributed by atoms with Crippen LogP contribution in [-0.4, -0.2) is 74.9 Å². The second-order valence-corrected chi connectivity index (χ2v) is 15.3. The van der Waals surface area contributed by atoms with Gasteiger partial charge >= 0.3 is 142 Å². The molecule has 0 spiro atoms. The minimum atomic E-state index is 0.966. The molecule has 0 nitrogen and oxygen atoms in total. The number of hydrogen-bond acceptors (Lipinski definition) is 4. The molecule has 0 aromatic carbocycles. The Balaban J connectivity index is 1.26. The van der Waals surface area contributed by atoms with Crippen LogP contribution in [0.3, 0.4) is 0 Å². The molecule has 0 N–H and O–H groups in total. The van der Waals surface area contributed by atoms with E-state index in [1.165, 1.54) is 34.5 Å². The summed E-state index contributed by atoms with van der Waals surface area (Å²) in [6, 6.07) is 0. The van der Waals surface area contributed by atoms with Crippen molar-refractivity contribution in [2.75, 3.05) is 34.5 Å². The zero-order valence-corrected chi connectivity index (χ0v) is 17.1. The van der Waals surface area contributed by atoms with Gasteiger partial charge in [-0.05, 0) is 0 Å². The normalized spacial score (nSPS) is 38.7. The summed E-state index contributed by atoms with van der Waals surface area (Å²) in [5.74, 6) is 8.79. The van der Waals surface area contributed by atoms with Gasteiger partial charge < -0.3 is 0 Å². The van der Waals surface area contributed by atoms with Crippen molar-refractivity contribution >= 4 is 77.0 Å². The van der Waals surface area contributed by atoms with Crippen LogP contribution in [0.2, 0.25) is 20.3 Å². The fraction of sp³-hybridized carbons (Fsp3) is 1.00. The van der Waals surface area contributed by atoms with Crippen LogP contribution in [0.15, 0.2) is 0 Å². The van der Waals surface area contributed by atoms with E-state index in [1.807, 2.05) is 0 Å². The monoisotopic (exact) mass is 452 g/mol. The van der Waals surface area contributed by atoms with Crippen LogP contribution in [0.25, 0.3) is 0 Å². The topological polar surface area (TPSA) is 0 Å². The maximum absolute atomic E-state index is 2.27. The van der Waals surface area contributed by atoms with Gasteiger partial charge in [-0.3, -0.25) is 0 Å². The Morgan fingerprint density at radius 1 is 0.833 bits per heavy atom. The van der Waals surface area contributed by atoms with E-state index in [2.05, 4.69) is 47.0 Å². The van der Waals surface area contributed by atoms with Crippen LogP contribution < -0.4 is 0 Å². The van der Waals surface area contributed by atoms with Crippen molar-refractivity contribution in [1.82, 2.24) is 0 Å². The molecular formula is C12H20S4Se2. The molecule has 6 heteroatoms. The Labute approximate surface area is 141 Å².